The second kappa shape index (κ2) is 8.08. The SMILES string of the molecule is O[C@H]1CC[C@H](Nc2nc(Nc3ccc(Cl)c(Cl)c3)ncc2C(F)(F)F)CC1. The van der Waals surface area contributed by atoms with Crippen molar-refractivity contribution in [3.8, 4) is 0 Å². The Hall–Kier alpha value is -1.77. The summed E-state index contributed by atoms with van der Waals surface area (Å²) in [6, 6.07) is 4.51. The first-order valence-electron chi connectivity index (χ1n) is 8.33. The highest BCUT2D eigenvalue weighted by Gasteiger charge is 2.36. The molecular weight excluding hydrogens is 404 g/mol. The number of nitrogens with zero attached hydrogens (tertiary/aromatic N) is 2. The van der Waals surface area contributed by atoms with Crippen molar-refractivity contribution in [3.05, 3.63) is 40.0 Å². The maximum Gasteiger partial charge on any atom is 0.421 e. The molecule has 3 N–H and O–H groups in total. The number of nitrogens with one attached hydrogen (secondary N) is 2. The van der Waals surface area contributed by atoms with Gasteiger partial charge in [0.25, 0.3) is 0 Å². The van der Waals surface area contributed by atoms with E-state index in [2.05, 4.69) is 20.6 Å². The summed E-state index contributed by atoms with van der Waals surface area (Å²) in [7, 11) is 0. The number of aromatic nitrogens is 2. The van der Waals surface area contributed by atoms with Gasteiger partial charge in [0.15, 0.2) is 0 Å². The summed E-state index contributed by atoms with van der Waals surface area (Å²) in [6.07, 6.45) is -2.03. The Labute approximate surface area is 163 Å². The lowest BCUT2D eigenvalue weighted by atomic mass is 9.93. The summed E-state index contributed by atoms with van der Waals surface area (Å²) in [6.45, 7) is 0. The lowest BCUT2D eigenvalue weighted by molar-refractivity contribution is -0.137. The smallest absolute Gasteiger partial charge is 0.393 e. The predicted octanol–water partition coefficient (Wildman–Crippen LogP) is 5.26. The second-order valence-electron chi connectivity index (χ2n) is 6.36. The normalized spacial score (nSPS) is 20.4. The van der Waals surface area contributed by atoms with Crippen molar-refractivity contribution in [2.75, 3.05) is 10.6 Å². The standard InChI is InChI=1S/C17H17Cl2F3N4O/c18-13-6-3-10(7-14(13)19)25-16-23-8-12(17(20,21)22)15(26-16)24-9-1-4-11(27)5-2-9/h3,6-9,11,27H,1-2,4-5H2,(H2,23,24,25,26)/t9-,11-. The lowest BCUT2D eigenvalue weighted by Crippen LogP contribution is -2.29. The molecule has 1 aliphatic rings. The van der Waals surface area contributed by atoms with Crippen molar-refractivity contribution in [3.63, 3.8) is 0 Å². The highest BCUT2D eigenvalue weighted by Crippen LogP contribution is 2.35. The second-order valence-corrected chi connectivity index (χ2v) is 7.17. The molecule has 27 heavy (non-hydrogen) atoms. The molecule has 0 amide bonds. The molecule has 0 bridgehead atoms. The van der Waals surface area contributed by atoms with Crippen LogP contribution in [0.2, 0.25) is 10.0 Å². The summed E-state index contributed by atoms with van der Waals surface area (Å²) < 4.78 is 39.9. The van der Waals surface area contributed by atoms with E-state index in [1.807, 2.05) is 0 Å². The lowest BCUT2D eigenvalue weighted by Gasteiger charge is -2.27. The van der Waals surface area contributed by atoms with Crippen LogP contribution in [0, 0.1) is 0 Å². The Morgan fingerprint density at radius 3 is 2.41 bits per heavy atom. The van der Waals surface area contributed by atoms with Gasteiger partial charge in [-0.25, -0.2) is 4.98 Å². The average Bonchev–Trinajstić information content (AvgIpc) is 2.59. The molecule has 2 aromatic rings. The molecule has 1 heterocycles. The van der Waals surface area contributed by atoms with E-state index < -0.39 is 17.8 Å². The van der Waals surface area contributed by atoms with Crippen molar-refractivity contribution in [1.29, 1.82) is 0 Å². The maximum absolute atomic E-state index is 13.3. The molecule has 10 heteroatoms. The quantitative estimate of drug-likeness (QED) is 0.628. The van der Waals surface area contributed by atoms with Crippen LogP contribution in [0.25, 0.3) is 0 Å². The molecule has 1 aromatic heterocycles. The van der Waals surface area contributed by atoms with E-state index in [0.717, 1.165) is 6.20 Å². The van der Waals surface area contributed by atoms with Gasteiger partial charge in [-0.2, -0.15) is 18.2 Å². The first-order chi connectivity index (χ1) is 12.7. The third-order valence-electron chi connectivity index (χ3n) is 4.31. The number of anilines is 3. The maximum atomic E-state index is 13.3. The Morgan fingerprint density at radius 1 is 1.07 bits per heavy atom. The fourth-order valence-corrected chi connectivity index (χ4v) is 3.17. The van der Waals surface area contributed by atoms with Crippen LogP contribution in [0.4, 0.5) is 30.6 Å². The van der Waals surface area contributed by atoms with Crippen molar-refractivity contribution < 1.29 is 18.3 Å². The van der Waals surface area contributed by atoms with Crippen molar-refractivity contribution in [1.82, 2.24) is 9.97 Å². The van der Waals surface area contributed by atoms with Gasteiger partial charge in [-0.3, -0.25) is 0 Å². The minimum absolute atomic E-state index is 0.000247. The van der Waals surface area contributed by atoms with Crippen molar-refractivity contribution in [2.24, 2.45) is 0 Å². The van der Waals surface area contributed by atoms with Crippen LogP contribution < -0.4 is 10.6 Å². The van der Waals surface area contributed by atoms with E-state index in [0.29, 0.717) is 41.4 Å². The van der Waals surface area contributed by atoms with Crippen LogP contribution in [0.3, 0.4) is 0 Å². The van der Waals surface area contributed by atoms with E-state index in [-0.39, 0.29) is 17.8 Å². The van der Waals surface area contributed by atoms with Crippen LogP contribution in [0.1, 0.15) is 31.2 Å². The first kappa shape index (κ1) is 20.0. The van der Waals surface area contributed by atoms with Crippen LogP contribution in [-0.2, 0) is 6.18 Å². The zero-order valence-corrected chi connectivity index (χ0v) is 15.5. The molecule has 0 spiro atoms. The Morgan fingerprint density at radius 2 is 1.78 bits per heavy atom. The molecule has 0 atom stereocenters. The third-order valence-corrected chi connectivity index (χ3v) is 5.05. The Kier molecular flexibility index (Phi) is 5.98. The summed E-state index contributed by atoms with van der Waals surface area (Å²) in [5.41, 5.74) is -0.441. The van der Waals surface area contributed by atoms with E-state index in [1.165, 1.54) is 6.07 Å². The summed E-state index contributed by atoms with van der Waals surface area (Å²) in [4.78, 5) is 7.77. The molecule has 1 fully saturated rings. The van der Waals surface area contributed by atoms with Gasteiger partial charge in [0.05, 0.1) is 16.1 Å². The van der Waals surface area contributed by atoms with Crippen LogP contribution in [0.15, 0.2) is 24.4 Å². The number of hydrogen-bond donors (Lipinski definition) is 3. The van der Waals surface area contributed by atoms with Gasteiger partial charge in [-0.1, -0.05) is 23.2 Å². The van der Waals surface area contributed by atoms with E-state index in [1.54, 1.807) is 12.1 Å². The van der Waals surface area contributed by atoms with Crippen LogP contribution in [-0.4, -0.2) is 27.2 Å². The summed E-state index contributed by atoms with van der Waals surface area (Å²) >= 11 is 11.8. The topological polar surface area (TPSA) is 70.1 Å². The average molecular weight is 421 g/mol. The molecule has 0 radical (unpaired) electrons. The number of aliphatic hydroxyl groups is 1. The molecule has 1 saturated carbocycles. The third kappa shape index (κ3) is 5.15. The highest BCUT2D eigenvalue weighted by atomic mass is 35.5. The van der Waals surface area contributed by atoms with Gasteiger partial charge in [-0.15, -0.1) is 0 Å². The Balaban J connectivity index is 1.84. The van der Waals surface area contributed by atoms with Gasteiger partial charge in [0.2, 0.25) is 5.95 Å². The largest absolute Gasteiger partial charge is 0.421 e. The molecule has 0 saturated heterocycles. The number of aliphatic hydroxyl groups excluding tert-OH is 1. The first-order valence-corrected chi connectivity index (χ1v) is 9.09. The molecule has 1 aromatic carbocycles. The monoisotopic (exact) mass is 420 g/mol. The Bertz CT molecular complexity index is 811. The zero-order chi connectivity index (χ0) is 19.6. The van der Waals surface area contributed by atoms with E-state index in [9.17, 15) is 18.3 Å². The number of hydrogen-bond acceptors (Lipinski definition) is 5. The number of alkyl halides is 3. The number of rotatable bonds is 4. The van der Waals surface area contributed by atoms with E-state index >= 15 is 0 Å². The summed E-state index contributed by atoms with van der Waals surface area (Å²) in [5.74, 6) is -0.291. The van der Waals surface area contributed by atoms with Crippen molar-refractivity contribution >= 4 is 40.7 Å². The zero-order valence-electron chi connectivity index (χ0n) is 14.0. The minimum atomic E-state index is -4.58. The number of halogens is 5. The molecule has 1 aliphatic carbocycles. The minimum Gasteiger partial charge on any atom is -0.393 e. The predicted molar refractivity (Wildman–Crippen MR) is 98.7 cm³/mol. The number of benzene rings is 1. The fourth-order valence-electron chi connectivity index (χ4n) is 2.88. The van der Waals surface area contributed by atoms with Crippen LogP contribution >= 0.6 is 23.2 Å². The van der Waals surface area contributed by atoms with Gasteiger partial charge < -0.3 is 15.7 Å². The van der Waals surface area contributed by atoms with Crippen molar-refractivity contribution in [2.45, 2.75) is 44.0 Å². The van der Waals surface area contributed by atoms with Gasteiger partial charge in [-0.05, 0) is 43.9 Å². The van der Waals surface area contributed by atoms with Gasteiger partial charge >= 0.3 is 6.18 Å². The molecular formula is C17H17Cl2F3N4O. The van der Waals surface area contributed by atoms with Gasteiger partial charge in [0, 0.05) is 17.9 Å². The highest BCUT2D eigenvalue weighted by molar-refractivity contribution is 6.42. The molecule has 3 rings (SSSR count). The molecule has 5 nitrogen and oxygen atoms in total. The van der Waals surface area contributed by atoms with Crippen LogP contribution in [0.5, 0.6) is 0 Å². The van der Waals surface area contributed by atoms with Gasteiger partial charge in [0.1, 0.15) is 11.4 Å². The molecule has 0 unspecified atom stereocenters. The fraction of sp³-hybridized carbons (Fsp3) is 0.412. The summed E-state index contributed by atoms with van der Waals surface area (Å²) in [5, 5.41) is 15.9. The van der Waals surface area contributed by atoms with E-state index in [4.69, 9.17) is 23.2 Å². The molecule has 0 aliphatic heterocycles. The molecule has 146 valence electrons.